The van der Waals surface area contributed by atoms with Crippen LogP contribution < -0.4 is 10.1 Å². The lowest BCUT2D eigenvalue weighted by Gasteiger charge is -2.08. The number of ether oxygens (including phenoxy) is 2. The fraction of sp³-hybridized carbons (Fsp3) is 0.318. The number of rotatable bonds is 8. The summed E-state index contributed by atoms with van der Waals surface area (Å²) in [6.07, 6.45) is 7.72. The maximum Gasteiger partial charge on any atom is 0.274 e. The minimum atomic E-state index is -0.224. The highest BCUT2D eigenvalue weighted by Crippen LogP contribution is 2.32. The average Bonchev–Trinajstić information content (AvgIpc) is 3.32. The number of carbonyl (C=O) groups is 1. The van der Waals surface area contributed by atoms with Crippen LogP contribution in [0.4, 0.5) is 5.69 Å². The Morgan fingerprint density at radius 3 is 2.97 bits per heavy atom. The monoisotopic (exact) mass is 405 g/mol. The summed E-state index contributed by atoms with van der Waals surface area (Å²) in [5.41, 5.74) is 2.88. The van der Waals surface area contributed by atoms with Gasteiger partial charge in [-0.25, -0.2) is 4.98 Å². The first kappa shape index (κ1) is 18.6. The molecule has 1 aliphatic carbocycles. The molecule has 0 bridgehead atoms. The standard InChI is InChI=1S/C22H23N5O3/c1-29-9-10-30-16-7-8-26-20(13-23-21(26)11-16)22(28)25-18-3-2-4-19-17(18)12-24-27(19)14-15-5-6-15/h2-4,7-8,11-13,15H,5-6,9-10,14H2,1H3,(H,25,28). The van der Waals surface area contributed by atoms with Gasteiger partial charge in [0, 0.05) is 31.3 Å². The van der Waals surface area contributed by atoms with Gasteiger partial charge in [-0.05, 0) is 37.0 Å². The number of fused-ring (bicyclic) bond motifs is 2. The summed E-state index contributed by atoms with van der Waals surface area (Å²) in [7, 11) is 1.63. The summed E-state index contributed by atoms with van der Waals surface area (Å²) in [4.78, 5) is 17.3. The van der Waals surface area contributed by atoms with Crippen molar-refractivity contribution in [1.82, 2.24) is 19.2 Å². The van der Waals surface area contributed by atoms with Crippen molar-refractivity contribution in [3.05, 3.63) is 54.6 Å². The first-order chi connectivity index (χ1) is 14.7. The number of carbonyl (C=O) groups excluding carboxylic acids is 1. The van der Waals surface area contributed by atoms with E-state index >= 15 is 0 Å². The SMILES string of the molecule is COCCOc1ccn2c(C(=O)Nc3cccc4c3cnn4CC3CC3)cnc2c1. The number of anilines is 1. The molecule has 1 fully saturated rings. The average molecular weight is 405 g/mol. The van der Waals surface area contributed by atoms with E-state index in [4.69, 9.17) is 9.47 Å². The van der Waals surface area contributed by atoms with Crippen molar-refractivity contribution in [2.45, 2.75) is 19.4 Å². The zero-order valence-electron chi connectivity index (χ0n) is 16.7. The Kier molecular flexibility index (Phi) is 4.84. The van der Waals surface area contributed by atoms with Gasteiger partial charge in [-0.3, -0.25) is 13.9 Å². The van der Waals surface area contributed by atoms with Gasteiger partial charge in [0.2, 0.25) is 0 Å². The highest BCUT2D eigenvalue weighted by Gasteiger charge is 2.23. The Morgan fingerprint density at radius 1 is 1.23 bits per heavy atom. The van der Waals surface area contributed by atoms with Crippen molar-refractivity contribution in [1.29, 1.82) is 0 Å². The lowest BCUT2D eigenvalue weighted by atomic mass is 10.2. The number of hydrogen-bond acceptors (Lipinski definition) is 5. The summed E-state index contributed by atoms with van der Waals surface area (Å²) in [5.74, 6) is 1.19. The summed E-state index contributed by atoms with van der Waals surface area (Å²) in [6.45, 7) is 1.90. The maximum absolute atomic E-state index is 13.0. The highest BCUT2D eigenvalue weighted by molar-refractivity contribution is 6.08. The van der Waals surface area contributed by atoms with Crippen molar-refractivity contribution in [3.8, 4) is 5.75 Å². The Hall–Kier alpha value is -3.39. The molecule has 1 aromatic carbocycles. The third-order valence-corrected chi connectivity index (χ3v) is 5.34. The first-order valence-corrected chi connectivity index (χ1v) is 10.1. The normalized spacial score (nSPS) is 13.8. The second-order valence-electron chi connectivity index (χ2n) is 7.54. The van der Waals surface area contributed by atoms with Crippen LogP contribution in [-0.2, 0) is 11.3 Å². The molecule has 3 heterocycles. The molecule has 0 aliphatic heterocycles. The van der Waals surface area contributed by atoms with Gasteiger partial charge in [0.25, 0.3) is 5.91 Å². The molecular weight excluding hydrogens is 382 g/mol. The van der Waals surface area contributed by atoms with Gasteiger partial charge in [-0.15, -0.1) is 0 Å². The summed E-state index contributed by atoms with van der Waals surface area (Å²) < 4.78 is 14.4. The fourth-order valence-corrected chi connectivity index (χ4v) is 3.55. The van der Waals surface area contributed by atoms with E-state index in [1.165, 1.54) is 12.8 Å². The number of aromatic nitrogens is 4. The van der Waals surface area contributed by atoms with Crippen LogP contribution in [0.15, 0.2) is 48.9 Å². The highest BCUT2D eigenvalue weighted by atomic mass is 16.5. The zero-order chi connectivity index (χ0) is 20.5. The van der Waals surface area contributed by atoms with Gasteiger partial charge in [0.05, 0.1) is 30.2 Å². The molecule has 0 saturated heterocycles. The summed E-state index contributed by atoms with van der Waals surface area (Å²) >= 11 is 0. The van der Waals surface area contributed by atoms with Crippen LogP contribution in [0.3, 0.4) is 0 Å². The lowest BCUT2D eigenvalue weighted by Crippen LogP contribution is -2.14. The van der Waals surface area contributed by atoms with Crippen molar-refractivity contribution < 1.29 is 14.3 Å². The third kappa shape index (κ3) is 3.61. The summed E-state index contributed by atoms with van der Waals surface area (Å²) in [6, 6.07) is 9.49. The van der Waals surface area contributed by atoms with Crippen LogP contribution in [0.1, 0.15) is 23.3 Å². The molecule has 3 aromatic heterocycles. The van der Waals surface area contributed by atoms with E-state index in [1.807, 2.05) is 35.1 Å². The predicted molar refractivity (Wildman–Crippen MR) is 113 cm³/mol. The van der Waals surface area contributed by atoms with Crippen molar-refractivity contribution >= 4 is 28.1 Å². The maximum atomic E-state index is 13.0. The molecule has 5 rings (SSSR count). The van der Waals surface area contributed by atoms with Crippen LogP contribution in [-0.4, -0.2) is 45.4 Å². The number of pyridine rings is 1. The molecule has 1 N–H and O–H groups in total. The Morgan fingerprint density at radius 2 is 2.13 bits per heavy atom. The van der Waals surface area contributed by atoms with E-state index in [2.05, 4.69) is 15.4 Å². The Labute approximate surface area is 173 Å². The lowest BCUT2D eigenvalue weighted by molar-refractivity contribution is 0.102. The van der Waals surface area contributed by atoms with Gasteiger partial charge in [-0.2, -0.15) is 5.10 Å². The van der Waals surface area contributed by atoms with Gasteiger partial charge < -0.3 is 14.8 Å². The van der Waals surface area contributed by atoms with Crippen LogP contribution in [0.5, 0.6) is 5.75 Å². The number of nitrogens with one attached hydrogen (secondary N) is 1. The van der Waals surface area contributed by atoms with Gasteiger partial charge in [0.1, 0.15) is 23.7 Å². The number of hydrogen-bond donors (Lipinski definition) is 1. The molecule has 0 unspecified atom stereocenters. The fourth-order valence-electron chi connectivity index (χ4n) is 3.55. The predicted octanol–water partition coefficient (Wildman–Crippen LogP) is 3.37. The minimum Gasteiger partial charge on any atom is -0.491 e. The molecule has 0 atom stereocenters. The minimum absolute atomic E-state index is 0.224. The molecule has 4 aromatic rings. The van der Waals surface area contributed by atoms with Crippen LogP contribution >= 0.6 is 0 Å². The van der Waals surface area contributed by atoms with Crippen molar-refractivity contribution in [3.63, 3.8) is 0 Å². The van der Waals surface area contributed by atoms with E-state index in [-0.39, 0.29) is 5.91 Å². The molecule has 8 nitrogen and oxygen atoms in total. The molecule has 1 aliphatic rings. The van der Waals surface area contributed by atoms with Crippen molar-refractivity contribution in [2.75, 3.05) is 25.6 Å². The van der Waals surface area contributed by atoms with E-state index in [9.17, 15) is 4.79 Å². The largest absolute Gasteiger partial charge is 0.491 e. The summed E-state index contributed by atoms with van der Waals surface area (Å²) in [5, 5.41) is 8.48. The van der Waals surface area contributed by atoms with E-state index in [1.54, 1.807) is 30.0 Å². The first-order valence-electron chi connectivity index (χ1n) is 10.1. The number of amides is 1. The molecular formula is C22H23N5O3. The topological polar surface area (TPSA) is 82.7 Å². The number of benzene rings is 1. The molecule has 1 saturated carbocycles. The van der Waals surface area contributed by atoms with E-state index < -0.39 is 0 Å². The smallest absolute Gasteiger partial charge is 0.274 e. The second-order valence-corrected chi connectivity index (χ2v) is 7.54. The van der Waals surface area contributed by atoms with E-state index in [0.717, 1.165) is 29.1 Å². The molecule has 1 amide bonds. The molecule has 8 heteroatoms. The van der Waals surface area contributed by atoms with Crippen LogP contribution in [0.2, 0.25) is 0 Å². The van der Waals surface area contributed by atoms with Crippen LogP contribution in [0.25, 0.3) is 16.6 Å². The Balaban J connectivity index is 1.37. The van der Waals surface area contributed by atoms with Gasteiger partial charge in [0.15, 0.2) is 0 Å². The Bertz CT molecular complexity index is 1210. The van der Waals surface area contributed by atoms with Gasteiger partial charge >= 0.3 is 0 Å². The van der Waals surface area contributed by atoms with E-state index in [0.29, 0.717) is 30.3 Å². The van der Waals surface area contributed by atoms with Gasteiger partial charge in [-0.1, -0.05) is 6.07 Å². The molecule has 0 radical (unpaired) electrons. The number of methoxy groups -OCH3 is 1. The number of imidazole rings is 1. The van der Waals surface area contributed by atoms with Crippen LogP contribution in [0, 0.1) is 5.92 Å². The van der Waals surface area contributed by atoms with Crippen molar-refractivity contribution in [2.24, 2.45) is 5.92 Å². The molecule has 154 valence electrons. The quantitative estimate of drug-likeness (QED) is 0.455. The second kappa shape index (κ2) is 7.79. The molecule has 0 spiro atoms. The molecule has 30 heavy (non-hydrogen) atoms. The zero-order valence-corrected chi connectivity index (χ0v) is 16.7. The number of nitrogens with zero attached hydrogens (tertiary/aromatic N) is 4. The third-order valence-electron chi connectivity index (χ3n) is 5.34.